The number of nitrogens with zero attached hydrogens (tertiary/aromatic N) is 1. The Balaban J connectivity index is 1.77. The number of carbonyl (C=O) groups excluding carboxylic acids is 1. The standard InChI is InChI=1S/C20H25N3O7S2/c1-29-16-7-10-18(30-2)19(12-16)32(27,28)23-11-3-4-14(13-23)20(24)22-15-5-8-17(9-6-15)31(21,25)26/h5-10,12,14H,3-4,11,13H2,1-2H3,(H,22,24)(H2,21,25,26)/t14-/m0/s1. The number of methoxy groups -OCH3 is 2. The van der Waals surface area contributed by atoms with E-state index in [1.54, 1.807) is 6.07 Å². The predicted octanol–water partition coefficient (Wildman–Crippen LogP) is 1.39. The van der Waals surface area contributed by atoms with Crippen molar-refractivity contribution < 1.29 is 31.1 Å². The van der Waals surface area contributed by atoms with Gasteiger partial charge in [0.2, 0.25) is 26.0 Å². The largest absolute Gasteiger partial charge is 0.497 e. The molecule has 3 rings (SSSR count). The molecule has 0 bridgehead atoms. The molecular weight excluding hydrogens is 458 g/mol. The Morgan fingerprint density at radius 1 is 1.06 bits per heavy atom. The molecule has 1 fully saturated rings. The third-order valence-corrected chi connectivity index (χ3v) is 8.01. The minimum absolute atomic E-state index is 0.00376. The number of benzene rings is 2. The van der Waals surface area contributed by atoms with E-state index in [0.29, 0.717) is 24.3 Å². The molecule has 0 saturated carbocycles. The molecule has 12 heteroatoms. The fourth-order valence-corrected chi connectivity index (χ4v) is 5.68. The van der Waals surface area contributed by atoms with Gasteiger partial charge >= 0.3 is 0 Å². The van der Waals surface area contributed by atoms with Crippen molar-refractivity contribution in [3.63, 3.8) is 0 Å². The number of primary sulfonamides is 1. The Labute approximate surface area is 187 Å². The quantitative estimate of drug-likeness (QED) is 0.605. The number of hydrogen-bond acceptors (Lipinski definition) is 7. The molecular formula is C20H25N3O7S2. The van der Waals surface area contributed by atoms with E-state index in [1.807, 2.05) is 0 Å². The number of hydrogen-bond donors (Lipinski definition) is 2. The summed E-state index contributed by atoms with van der Waals surface area (Å²) in [7, 11) is -4.94. The van der Waals surface area contributed by atoms with Gasteiger partial charge in [0.25, 0.3) is 0 Å². The molecule has 0 radical (unpaired) electrons. The van der Waals surface area contributed by atoms with Crippen molar-refractivity contribution >= 4 is 31.6 Å². The first-order chi connectivity index (χ1) is 15.1. The average molecular weight is 484 g/mol. The summed E-state index contributed by atoms with van der Waals surface area (Å²) < 4.78 is 60.9. The summed E-state index contributed by atoms with van der Waals surface area (Å²) in [5.74, 6) is -0.371. The maximum atomic E-state index is 13.3. The molecule has 1 aliphatic heterocycles. The van der Waals surface area contributed by atoms with E-state index in [0.717, 1.165) is 0 Å². The lowest BCUT2D eigenvalue weighted by molar-refractivity contribution is -0.120. The predicted molar refractivity (Wildman–Crippen MR) is 117 cm³/mol. The van der Waals surface area contributed by atoms with E-state index in [1.165, 1.54) is 54.9 Å². The summed E-state index contributed by atoms with van der Waals surface area (Å²) in [6.45, 7) is 0.277. The number of nitrogens with one attached hydrogen (secondary N) is 1. The lowest BCUT2D eigenvalue weighted by Gasteiger charge is -2.31. The van der Waals surface area contributed by atoms with E-state index >= 15 is 0 Å². The minimum Gasteiger partial charge on any atom is -0.497 e. The van der Waals surface area contributed by atoms with Crippen molar-refractivity contribution in [3.05, 3.63) is 42.5 Å². The zero-order valence-corrected chi connectivity index (χ0v) is 19.3. The molecule has 2 aromatic rings. The maximum absolute atomic E-state index is 13.3. The first-order valence-corrected chi connectivity index (χ1v) is 12.7. The number of sulfonamides is 2. The van der Waals surface area contributed by atoms with Gasteiger partial charge in [0, 0.05) is 24.8 Å². The highest BCUT2D eigenvalue weighted by molar-refractivity contribution is 7.89. The topological polar surface area (TPSA) is 145 Å². The van der Waals surface area contributed by atoms with Crippen LogP contribution in [0.2, 0.25) is 0 Å². The van der Waals surface area contributed by atoms with Gasteiger partial charge in [-0.05, 0) is 49.2 Å². The number of ether oxygens (including phenoxy) is 2. The molecule has 1 amide bonds. The normalized spacial score (nSPS) is 17.5. The molecule has 174 valence electrons. The first-order valence-electron chi connectivity index (χ1n) is 9.72. The monoisotopic (exact) mass is 483 g/mol. The third kappa shape index (κ3) is 5.21. The van der Waals surface area contributed by atoms with Crippen LogP contribution in [-0.4, -0.2) is 54.4 Å². The maximum Gasteiger partial charge on any atom is 0.246 e. The highest BCUT2D eigenvalue weighted by atomic mass is 32.2. The van der Waals surface area contributed by atoms with Crippen LogP contribution >= 0.6 is 0 Å². The Morgan fingerprint density at radius 3 is 2.34 bits per heavy atom. The molecule has 0 aliphatic carbocycles. The second kappa shape index (κ2) is 9.45. The summed E-state index contributed by atoms with van der Waals surface area (Å²) in [4.78, 5) is 12.7. The molecule has 1 heterocycles. The summed E-state index contributed by atoms with van der Waals surface area (Å²) in [6, 6.07) is 9.95. The smallest absolute Gasteiger partial charge is 0.246 e. The number of rotatable bonds is 7. The Morgan fingerprint density at radius 2 is 1.75 bits per heavy atom. The van der Waals surface area contributed by atoms with Crippen LogP contribution in [0.1, 0.15) is 12.8 Å². The Hall–Kier alpha value is -2.67. The molecule has 32 heavy (non-hydrogen) atoms. The zero-order chi connectivity index (χ0) is 23.5. The van der Waals surface area contributed by atoms with Crippen molar-refractivity contribution in [2.24, 2.45) is 11.1 Å². The molecule has 10 nitrogen and oxygen atoms in total. The highest BCUT2D eigenvalue weighted by Crippen LogP contribution is 2.33. The average Bonchev–Trinajstić information content (AvgIpc) is 2.78. The fraction of sp³-hybridized carbons (Fsp3) is 0.350. The van der Waals surface area contributed by atoms with Gasteiger partial charge in [0.15, 0.2) is 0 Å². The zero-order valence-electron chi connectivity index (χ0n) is 17.6. The van der Waals surface area contributed by atoms with E-state index in [-0.39, 0.29) is 34.5 Å². The van der Waals surface area contributed by atoms with Gasteiger partial charge < -0.3 is 14.8 Å². The summed E-state index contributed by atoms with van der Waals surface area (Å²) in [5.41, 5.74) is 0.386. The molecule has 0 aromatic heterocycles. The number of carbonyl (C=O) groups is 1. The van der Waals surface area contributed by atoms with Crippen molar-refractivity contribution in [1.29, 1.82) is 0 Å². The molecule has 3 N–H and O–H groups in total. The Bertz CT molecular complexity index is 1200. The van der Waals surface area contributed by atoms with Crippen LogP contribution in [0.25, 0.3) is 0 Å². The van der Waals surface area contributed by atoms with E-state index in [2.05, 4.69) is 5.32 Å². The van der Waals surface area contributed by atoms with Crippen LogP contribution < -0.4 is 19.9 Å². The van der Waals surface area contributed by atoms with Crippen molar-refractivity contribution in [2.45, 2.75) is 22.6 Å². The van der Waals surface area contributed by atoms with Gasteiger partial charge in [0.1, 0.15) is 16.4 Å². The minimum atomic E-state index is -3.93. The molecule has 1 aliphatic rings. The van der Waals surface area contributed by atoms with Gasteiger partial charge in [-0.2, -0.15) is 4.31 Å². The number of anilines is 1. The second-order valence-corrected chi connectivity index (χ2v) is 10.7. The summed E-state index contributed by atoms with van der Waals surface area (Å²) in [5, 5.41) is 7.78. The molecule has 1 atom stereocenters. The lowest BCUT2D eigenvalue weighted by atomic mass is 9.99. The third-order valence-electron chi connectivity index (χ3n) is 5.19. The van der Waals surface area contributed by atoms with Crippen LogP contribution in [0.5, 0.6) is 11.5 Å². The second-order valence-electron chi connectivity index (χ2n) is 7.28. The van der Waals surface area contributed by atoms with Gasteiger partial charge in [-0.1, -0.05) is 0 Å². The number of amides is 1. The van der Waals surface area contributed by atoms with Crippen LogP contribution in [0.15, 0.2) is 52.3 Å². The van der Waals surface area contributed by atoms with Crippen LogP contribution in [0.4, 0.5) is 5.69 Å². The van der Waals surface area contributed by atoms with E-state index in [4.69, 9.17) is 14.6 Å². The Kier molecular flexibility index (Phi) is 7.08. The van der Waals surface area contributed by atoms with Gasteiger partial charge in [-0.25, -0.2) is 22.0 Å². The summed E-state index contributed by atoms with van der Waals surface area (Å²) >= 11 is 0. The van der Waals surface area contributed by atoms with Crippen LogP contribution in [0, 0.1) is 5.92 Å². The SMILES string of the molecule is COc1ccc(OC)c(S(=O)(=O)N2CCC[C@H](C(=O)Nc3ccc(S(N)(=O)=O)cc3)C2)c1. The van der Waals surface area contributed by atoms with Gasteiger partial charge in [0.05, 0.1) is 25.0 Å². The first kappa shape index (κ1) is 24.0. The van der Waals surface area contributed by atoms with Crippen molar-refractivity contribution in [1.82, 2.24) is 4.31 Å². The molecule has 2 aromatic carbocycles. The number of piperidine rings is 1. The van der Waals surface area contributed by atoms with E-state index < -0.39 is 26.0 Å². The lowest BCUT2D eigenvalue weighted by Crippen LogP contribution is -2.43. The van der Waals surface area contributed by atoms with Crippen LogP contribution in [-0.2, 0) is 24.8 Å². The van der Waals surface area contributed by atoms with Gasteiger partial charge in [-0.15, -0.1) is 0 Å². The summed E-state index contributed by atoms with van der Waals surface area (Å²) in [6.07, 6.45) is 1.02. The van der Waals surface area contributed by atoms with Gasteiger partial charge in [-0.3, -0.25) is 4.79 Å². The fourth-order valence-electron chi connectivity index (χ4n) is 3.47. The molecule has 1 saturated heterocycles. The molecule has 0 spiro atoms. The molecule has 0 unspecified atom stereocenters. The number of nitrogens with two attached hydrogens (primary N) is 1. The van der Waals surface area contributed by atoms with Crippen LogP contribution in [0.3, 0.4) is 0 Å². The van der Waals surface area contributed by atoms with E-state index in [9.17, 15) is 21.6 Å². The highest BCUT2D eigenvalue weighted by Gasteiger charge is 2.35. The van der Waals surface area contributed by atoms with Crippen molar-refractivity contribution in [2.75, 3.05) is 32.6 Å². The van der Waals surface area contributed by atoms with Crippen molar-refractivity contribution in [3.8, 4) is 11.5 Å².